The van der Waals surface area contributed by atoms with Crippen molar-refractivity contribution in [3.05, 3.63) is 76.3 Å². The van der Waals surface area contributed by atoms with Crippen LogP contribution in [-0.2, 0) is 30.3 Å². The Labute approximate surface area is 206 Å². The van der Waals surface area contributed by atoms with E-state index in [9.17, 15) is 19.2 Å². The molecule has 34 heavy (non-hydrogen) atoms. The van der Waals surface area contributed by atoms with Crippen molar-refractivity contribution in [1.82, 2.24) is 4.90 Å². The largest absolute Gasteiger partial charge is 0.454 e. The second kappa shape index (κ2) is 10.4. The van der Waals surface area contributed by atoms with E-state index in [1.54, 1.807) is 30.3 Å². The van der Waals surface area contributed by atoms with Gasteiger partial charge in [0.1, 0.15) is 6.04 Å². The van der Waals surface area contributed by atoms with Crippen molar-refractivity contribution in [3.63, 3.8) is 0 Å². The highest BCUT2D eigenvalue weighted by Gasteiger charge is 2.51. The number of halogens is 2. The van der Waals surface area contributed by atoms with Gasteiger partial charge in [-0.3, -0.25) is 19.3 Å². The van der Waals surface area contributed by atoms with E-state index in [-0.39, 0.29) is 28.9 Å². The molecule has 1 fully saturated rings. The summed E-state index contributed by atoms with van der Waals surface area (Å²) >= 11 is 12.0. The molecular weight excluding hydrogens is 479 g/mol. The number of ether oxygens (including phenoxy) is 1. The monoisotopic (exact) mass is 500 g/mol. The lowest BCUT2D eigenvalue weighted by molar-refractivity contribution is -0.159. The zero-order chi connectivity index (χ0) is 24.2. The lowest BCUT2D eigenvalue weighted by atomic mass is 9.85. The molecule has 2 aromatic carbocycles. The summed E-state index contributed by atoms with van der Waals surface area (Å²) in [4.78, 5) is 52.7. The molecule has 0 aromatic heterocycles. The summed E-state index contributed by atoms with van der Waals surface area (Å²) in [5, 5.41) is 3.18. The molecule has 1 N–H and O–H groups in total. The topological polar surface area (TPSA) is 92.8 Å². The third kappa shape index (κ3) is 5.16. The number of imide groups is 1. The molecule has 3 amide bonds. The van der Waals surface area contributed by atoms with E-state index in [0.717, 1.165) is 10.5 Å². The number of anilines is 1. The zero-order valence-electron chi connectivity index (χ0n) is 18.1. The number of rotatable bonds is 7. The van der Waals surface area contributed by atoms with Gasteiger partial charge in [-0.2, -0.15) is 0 Å². The highest BCUT2D eigenvalue weighted by molar-refractivity contribution is 6.35. The summed E-state index contributed by atoms with van der Waals surface area (Å²) < 4.78 is 5.25. The van der Waals surface area contributed by atoms with Crippen molar-refractivity contribution < 1.29 is 23.9 Å². The van der Waals surface area contributed by atoms with Gasteiger partial charge in [0.25, 0.3) is 5.91 Å². The average molecular weight is 501 g/mol. The number of hydrogen-bond donors (Lipinski definition) is 1. The van der Waals surface area contributed by atoms with Crippen LogP contribution in [0, 0.1) is 11.8 Å². The van der Waals surface area contributed by atoms with E-state index >= 15 is 0 Å². The fraction of sp³-hybridized carbons (Fsp3) is 0.280. The number of carbonyl (C=O) groups is 4. The fourth-order valence-corrected chi connectivity index (χ4v) is 4.60. The van der Waals surface area contributed by atoms with Crippen LogP contribution in [-0.4, -0.2) is 41.2 Å². The van der Waals surface area contributed by atoms with Crippen LogP contribution in [0.15, 0.2) is 60.7 Å². The lowest BCUT2D eigenvalue weighted by Crippen LogP contribution is -2.48. The SMILES string of the molecule is O=C(COC(=O)[C@H](Cc1ccccc1)N1C(=O)[C@H]2CC=CC[C@H]2C1=O)Nc1cc(Cl)ccc1Cl. The van der Waals surface area contributed by atoms with Gasteiger partial charge in [-0.1, -0.05) is 65.7 Å². The van der Waals surface area contributed by atoms with Crippen LogP contribution in [0.3, 0.4) is 0 Å². The summed E-state index contributed by atoms with van der Waals surface area (Å²) in [6.45, 7) is -0.613. The van der Waals surface area contributed by atoms with Gasteiger partial charge < -0.3 is 10.1 Å². The van der Waals surface area contributed by atoms with Gasteiger partial charge in [-0.25, -0.2) is 4.79 Å². The first-order valence-corrected chi connectivity index (χ1v) is 11.6. The fourth-order valence-electron chi connectivity index (χ4n) is 4.26. The third-order valence-electron chi connectivity index (χ3n) is 5.95. The maximum absolute atomic E-state index is 13.1. The first-order chi connectivity index (χ1) is 16.3. The molecule has 1 aliphatic carbocycles. The maximum Gasteiger partial charge on any atom is 0.330 e. The molecule has 7 nitrogen and oxygen atoms in total. The number of likely N-dealkylation sites (tertiary alicyclic amines) is 1. The van der Waals surface area contributed by atoms with Crippen LogP contribution < -0.4 is 5.32 Å². The summed E-state index contributed by atoms with van der Waals surface area (Å²) in [5.74, 6) is -3.18. The predicted octanol–water partition coefficient (Wildman–Crippen LogP) is 4.04. The standard InChI is InChI=1S/C25H22Cl2N2O5/c26-16-10-11-19(27)20(13-16)28-22(30)14-34-25(33)21(12-15-6-2-1-3-7-15)29-23(31)17-8-4-5-9-18(17)24(29)32/h1-7,10-11,13,17-18,21H,8-9,12,14H2,(H,28,30)/t17-,18+,21-/m0/s1. The molecule has 1 aliphatic heterocycles. The minimum atomic E-state index is -1.17. The molecule has 176 valence electrons. The molecule has 0 radical (unpaired) electrons. The minimum Gasteiger partial charge on any atom is -0.454 e. The smallest absolute Gasteiger partial charge is 0.330 e. The van der Waals surface area contributed by atoms with Crippen LogP contribution in [0.1, 0.15) is 18.4 Å². The lowest BCUT2D eigenvalue weighted by Gasteiger charge is -2.25. The number of allylic oxidation sites excluding steroid dienone is 2. The van der Waals surface area contributed by atoms with Gasteiger partial charge in [-0.05, 0) is 36.6 Å². The molecule has 0 bridgehead atoms. The molecule has 2 aliphatic rings. The Morgan fingerprint density at radius 2 is 1.65 bits per heavy atom. The van der Waals surface area contributed by atoms with Crippen LogP contribution in [0.5, 0.6) is 0 Å². The molecule has 9 heteroatoms. The number of nitrogens with one attached hydrogen (secondary N) is 1. The molecule has 0 spiro atoms. The Bertz CT molecular complexity index is 1130. The Balaban J connectivity index is 1.49. The number of benzene rings is 2. The van der Waals surface area contributed by atoms with E-state index in [0.29, 0.717) is 17.9 Å². The highest BCUT2D eigenvalue weighted by atomic mass is 35.5. The number of nitrogens with zero attached hydrogens (tertiary/aromatic N) is 1. The second-order valence-corrected chi connectivity index (χ2v) is 9.03. The van der Waals surface area contributed by atoms with Crippen molar-refractivity contribution in [2.24, 2.45) is 11.8 Å². The van der Waals surface area contributed by atoms with Crippen LogP contribution >= 0.6 is 23.2 Å². The van der Waals surface area contributed by atoms with Crippen molar-refractivity contribution in [2.75, 3.05) is 11.9 Å². The Morgan fingerprint density at radius 1 is 1.00 bits per heavy atom. The summed E-state index contributed by atoms with van der Waals surface area (Å²) in [6.07, 6.45) is 4.77. The number of esters is 1. The molecule has 0 unspecified atom stereocenters. The predicted molar refractivity (Wildman–Crippen MR) is 127 cm³/mol. The Morgan fingerprint density at radius 3 is 2.29 bits per heavy atom. The summed E-state index contributed by atoms with van der Waals surface area (Å²) in [5.41, 5.74) is 1.03. The van der Waals surface area contributed by atoms with Gasteiger partial charge in [0.2, 0.25) is 11.8 Å². The number of hydrogen-bond acceptors (Lipinski definition) is 5. The summed E-state index contributed by atoms with van der Waals surface area (Å²) in [6, 6.07) is 12.4. The van der Waals surface area contributed by atoms with Gasteiger partial charge in [-0.15, -0.1) is 0 Å². The molecule has 0 saturated carbocycles. The molecule has 2 aromatic rings. The van der Waals surface area contributed by atoms with Crippen LogP contribution in [0.2, 0.25) is 10.0 Å². The maximum atomic E-state index is 13.1. The van der Waals surface area contributed by atoms with E-state index in [1.807, 2.05) is 18.2 Å². The van der Waals surface area contributed by atoms with E-state index in [4.69, 9.17) is 27.9 Å². The van der Waals surface area contributed by atoms with Gasteiger partial charge in [0, 0.05) is 11.4 Å². The van der Waals surface area contributed by atoms with E-state index in [1.165, 1.54) is 12.1 Å². The molecule has 3 atom stereocenters. The highest BCUT2D eigenvalue weighted by Crippen LogP contribution is 2.36. The first-order valence-electron chi connectivity index (χ1n) is 10.8. The van der Waals surface area contributed by atoms with Crippen molar-refractivity contribution in [1.29, 1.82) is 0 Å². The summed E-state index contributed by atoms with van der Waals surface area (Å²) in [7, 11) is 0. The second-order valence-electron chi connectivity index (χ2n) is 8.19. The van der Waals surface area contributed by atoms with Crippen molar-refractivity contribution in [2.45, 2.75) is 25.3 Å². The number of fused-ring (bicyclic) bond motifs is 1. The van der Waals surface area contributed by atoms with Gasteiger partial charge in [0.15, 0.2) is 6.61 Å². The van der Waals surface area contributed by atoms with Crippen molar-refractivity contribution in [3.8, 4) is 0 Å². The van der Waals surface area contributed by atoms with E-state index in [2.05, 4.69) is 5.32 Å². The third-order valence-corrected chi connectivity index (χ3v) is 6.51. The van der Waals surface area contributed by atoms with Gasteiger partial charge >= 0.3 is 5.97 Å². The minimum absolute atomic E-state index is 0.0890. The normalized spacial score (nSPS) is 20.1. The van der Waals surface area contributed by atoms with Crippen LogP contribution in [0.4, 0.5) is 5.69 Å². The van der Waals surface area contributed by atoms with Crippen LogP contribution in [0.25, 0.3) is 0 Å². The average Bonchev–Trinajstić information content (AvgIpc) is 3.09. The molecular formula is C25H22Cl2N2O5. The molecule has 1 heterocycles. The van der Waals surface area contributed by atoms with Crippen molar-refractivity contribution >= 4 is 52.6 Å². The number of carbonyl (C=O) groups excluding carboxylic acids is 4. The van der Waals surface area contributed by atoms with E-state index < -0.39 is 36.4 Å². The Kier molecular flexibility index (Phi) is 7.34. The van der Waals surface area contributed by atoms with Gasteiger partial charge in [0.05, 0.1) is 22.5 Å². The zero-order valence-corrected chi connectivity index (χ0v) is 19.6. The molecule has 1 saturated heterocycles. The number of amides is 3. The quantitative estimate of drug-likeness (QED) is 0.351. The first kappa shape index (κ1) is 24.0. The Hall–Kier alpha value is -3.16. The molecule has 4 rings (SSSR count).